The number of amides is 2. The summed E-state index contributed by atoms with van der Waals surface area (Å²) in [4.78, 5) is 26.4. The van der Waals surface area contributed by atoms with Crippen LogP contribution in [0.15, 0.2) is 12.2 Å². The van der Waals surface area contributed by atoms with Crippen LogP contribution in [-0.4, -0.2) is 48.9 Å². The number of hydrogen-bond donors (Lipinski definition) is 0. The van der Waals surface area contributed by atoms with Crippen LogP contribution in [0.4, 0.5) is 0 Å². The normalized spacial score (nSPS) is 38.6. The Hall–Kier alpha value is -0.983. The summed E-state index contributed by atoms with van der Waals surface area (Å²) in [6.45, 7) is 14.3. The molecule has 1 spiro atoms. The van der Waals surface area contributed by atoms with E-state index < -0.39 is 13.9 Å². The third kappa shape index (κ3) is 2.34. The summed E-state index contributed by atoms with van der Waals surface area (Å²) in [5, 5.41) is 0.0433. The Balaban J connectivity index is 2.03. The summed E-state index contributed by atoms with van der Waals surface area (Å²) in [6.07, 6.45) is 4.36. The van der Waals surface area contributed by atoms with Gasteiger partial charge in [-0.05, 0) is 31.5 Å². The van der Waals surface area contributed by atoms with Crippen LogP contribution in [0.5, 0.6) is 0 Å². The van der Waals surface area contributed by atoms with Gasteiger partial charge in [0.15, 0.2) is 8.32 Å². The largest absolute Gasteiger partial charge is 0.408 e. The second-order valence-corrected chi connectivity index (χ2v) is 13.7. The summed E-state index contributed by atoms with van der Waals surface area (Å²) < 4.78 is 13.0. The number of piperidine rings is 1. The van der Waals surface area contributed by atoms with Crippen LogP contribution in [0.3, 0.4) is 0 Å². The SMILES string of the molecule is CC(=O)N1C(=O)[C@@H]2C[C@H]3C=C[C@@]2(O3)[C@@H](O[Si](C)(C)C(C)(C)C)[C@@H]1C. The zero-order valence-corrected chi connectivity index (χ0v) is 16.8. The topological polar surface area (TPSA) is 55.8 Å². The molecule has 6 heteroatoms. The molecule has 5 nitrogen and oxygen atoms in total. The van der Waals surface area contributed by atoms with Crippen molar-refractivity contribution in [2.45, 2.75) is 83.0 Å². The molecule has 0 saturated carbocycles. The van der Waals surface area contributed by atoms with Crippen molar-refractivity contribution in [3.05, 3.63) is 12.2 Å². The number of rotatable bonds is 2. The molecule has 2 saturated heterocycles. The maximum absolute atomic E-state index is 12.9. The predicted octanol–water partition coefficient (Wildman–Crippen LogP) is 2.87. The fourth-order valence-corrected chi connectivity index (χ4v) is 5.37. The molecule has 0 aliphatic carbocycles. The fraction of sp³-hybridized carbons (Fsp3) is 0.778. The number of fused-ring (bicyclic) bond motifs is 1. The Bertz CT molecular complexity index is 609. The smallest absolute Gasteiger partial charge is 0.236 e. The van der Waals surface area contributed by atoms with Crippen molar-refractivity contribution in [3.8, 4) is 0 Å². The van der Waals surface area contributed by atoms with Gasteiger partial charge in [-0.2, -0.15) is 0 Å². The first kappa shape index (κ1) is 17.8. The van der Waals surface area contributed by atoms with E-state index in [-0.39, 0.29) is 41.0 Å². The van der Waals surface area contributed by atoms with Gasteiger partial charge in [-0.3, -0.25) is 14.5 Å². The highest BCUT2D eigenvalue weighted by atomic mass is 28.4. The second kappa shape index (κ2) is 5.26. The van der Waals surface area contributed by atoms with E-state index in [1.807, 2.05) is 19.1 Å². The number of carbonyl (C=O) groups is 2. The first-order valence-electron chi connectivity index (χ1n) is 8.79. The van der Waals surface area contributed by atoms with E-state index in [0.717, 1.165) is 0 Å². The molecule has 0 radical (unpaired) electrons. The van der Waals surface area contributed by atoms with Crippen molar-refractivity contribution >= 4 is 20.1 Å². The van der Waals surface area contributed by atoms with E-state index in [1.54, 1.807) is 0 Å². The molecule has 134 valence electrons. The lowest BCUT2D eigenvalue weighted by molar-refractivity contribution is -0.175. The van der Waals surface area contributed by atoms with Gasteiger partial charge >= 0.3 is 0 Å². The van der Waals surface area contributed by atoms with Gasteiger partial charge in [-0.15, -0.1) is 0 Å². The third-order valence-corrected chi connectivity index (χ3v) is 10.8. The van der Waals surface area contributed by atoms with Crippen LogP contribution in [0.2, 0.25) is 18.1 Å². The summed E-state index contributed by atoms with van der Waals surface area (Å²) in [5.41, 5.74) is -0.706. The van der Waals surface area contributed by atoms with E-state index in [9.17, 15) is 9.59 Å². The lowest BCUT2D eigenvalue weighted by Crippen LogP contribution is -2.69. The number of hydrogen-bond acceptors (Lipinski definition) is 4. The van der Waals surface area contributed by atoms with Gasteiger partial charge in [-0.25, -0.2) is 0 Å². The predicted molar refractivity (Wildman–Crippen MR) is 93.9 cm³/mol. The highest BCUT2D eigenvalue weighted by Gasteiger charge is 2.65. The van der Waals surface area contributed by atoms with Gasteiger partial charge in [0, 0.05) is 6.92 Å². The number of nitrogens with zero attached hydrogens (tertiary/aromatic N) is 1. The average Bonchev–Trinajstić information content (AvgIpc) is 3.00. The van der Waals surface area contributed by atoms with Crippen LogP contribution in [0, 0.1) is 5.92 Å². The van der Waals surface area contributed by atoms with Crippen molar-refractivity contribution < 1.29 is 18.8 Å². The van der Waals surface area contributed by atoms with Crippen molar-refractivity contribution in [2.75, 3.05) is 0 Å². The van der Waals surface area contributed by atoms with Crippen LogP contribution >= 0.6 is 0 Å². The summed E-state index contributed by atoms with van der Waals surface area (Å²) in [6, 6.07) is -0.332. The standard InChI is InChI=1S/C18H29NO4Si/c1-11-15(23-24(6,7)17(3,4)5)18-9-8-13(22-18)10-14(18)16(21)19(11)12(2)20/h8-9,11,13-15H,10H2,1-7H3/t11-,13+,14-,15-,18-/m0/s1. The number of imide groups is 1. The molecule has 0 N–H and O–H groups in total. The monoisotopic (exact) mass is 351 g/mol. The molecular weight excluding hydrogens is 322 g/mol. The second-order valence-electron chi connectivity index (χ2n) is 8.92. The van der Waals surface area contributed by atoms with Crippen molar-refractivity contribution in [2.24, 2.45) is 5.92 Å². The molecule has 24 heavy (non-hydrogen) atoms. The van der Waals surface area contributed by atoms with E-state index in [1.165, 1.54) is 11.8 Å². The van der Waals surface area contributed by atoms with Crippen LogP contribution in [0.25, 0.3) is 0 Å². The van der Waals surface area contributed by atoms with Crippen molar-refractivity contribution in [1.82, 2.24) is 4.90 Å². The van der Waals surface area contributed by atoms with E-state index in [4.69, 9.17) is 9.16 Å². The summed E-state index contributed by atoms with van der Waals surface area (Å²) in [7, 11) is -2.09. The number of ether oxygens (including phenoxy) is 1. The molecule has 3 rings (SSSR count). The molecule has 2 amide bonds. The molecule has 3 aliphatic heterocycles. The Morgan fingerprint density at radius 3 is 2.54 bits per heavy atom. The Morgan fingerprint density at radius 2 is 2.04 bits per heavy atom. The lowest BCUT2D eigenvalue weighted by Gasteiger charge is -2.52. The maximum atomic E-state index is 12.9. The zero-order chi connectivity index (χ0) is 18.1. The van der Waals surface area contributed by atoms with Gasteiger partial charge in [0.1, 0.15) is 5.60 Å². The number of likely N-dealkylation sites (tertiary alicyclic amines) is 1. The zero-order valence-electron chi connectivity index (χ0n) is 15.8. The fourth-order valence-electron chi connectivity index (χ4n) is 4.00. The Labute approximate surface area is 145 Å². The molecule has 0 aromatic rings. The summed E-state index contributed by atoms with van der Waals surface area (Å²) >= 11 is 0. The highest BCUT2D eigenvalue weighted by Crippen LogP contribution is 2.52. The van der Waals surface area contributed by atoms with Gasteiger partial charge in [0.05, 0.1) is 24.2 Å². The van der Waals surface area contributed by atoms with Gasteiger partial charge in [0.2, 0.25) is 11.8 Å². The Morgan fingerprint density at radius 1 is 1.42 bits per heavy atom. The lowest BCUT2D eigenvalue weighted by atomic mass is 9.73. The van der Waals surface area contributed by atoms with Crippen LogP contribution in [0.1, 0.15) is 41.0 Å². The molecule has 2 fully saturated rings. The molecule has 3 aliphatic rings. The minimum Gasteiger partial charge on any atom is -0.408 e. The van der Waals surface area contributed by atoms with Crippen LogP contribution in [-0.2, 0) is 18.8 Å². The average molecular weight is 352 g/mol. The quantitative estimate of drug-likeness (QED) is 0.567. The van der Waals surface area contributed by atoms with Crippen molar-refractivity contribution in [1.29, 1.82) is 0 Å². The molecule has 0 aromatic heterocycles. The van der Waals surface area contributed by atoms with E-state index in [2.05, 4.69) is 33.9 Å². The third-order valence-electron chi connectivity index (χ3n) is 6.33. The molecule has 5 atom stereocenters. The molecule has 2 bridgehead atoms. The molecule has 0 aromatic carbocycles. The highest BCUT2D eigenvalue weighted by molar-refractivity contribution is 6.74. The minimum absolute atomic E-state index is 0.0384. The first-order chi connectivity index (χ1) is 10.9. The van der Waals surface area contributed by atoms with Crippen molar-refractivity contribution in [3.63, 3.8) is 0 Å². The molecule has 3 heterocycles. The van der Waals surface area contributed by atoms with Gasteiger partial charge in [-0.1, -0.05) is 32.9 Å². The minimum atomic E-state index is -2.09. The molecule has 0 unspecified atom stereocenters. The number of carbonyl (C=O) groups excluding carboxylic acids is 2. The maximum Gasteiger partial charge on any atom is 0.236 e. The van der Waals surface area contributed by atoms with Gasteiger partial charge < -0.3 is 9.16 Å². The molecular formula is C18H29NO4Si. The van der Waals surface area contributed by atoms with E-state index in [0.29, 0.717) is 6.42 Å². The summed E-state index contributed by atoms with van der Waals surface area (Å²) in [5.74, 6) is -0.641. The van der Waals surface area contributed by atoms with E-state index >= 15 is 0 Å². The van der Waals surface area contributed by atoms with Gasteiger partial charge in [0.25, 0.3) is 0 Å². The first-order valence-corrected chi connectivity index (χ1v) is 11.7. The van der Waals surface area contributed by atoms with Crippen LogP contribution < -0.4 is 0 Å². The Kier molecular flexibility index (Phi) is 3.90.